The van der Waals surface area contributed by atoms with Gasteiger partial charge in [0.25, 0.3) is 0 Å². The molecule has 3 heterocycles. The van der Waals surface area contributed by atoms with Gasteiger partial charge in [0.15, 0.2) is 11.0 Å². The molecule has 1 aliphatic rings. The first kappa shape index (κ1) is 21.2. The Bertz CT molecular complexity index is 1280. The van der Waals surface area contributed by atoms with E-state index >= 15 is 0 Å². The number of nitrogens with one attached hydrogen (secondary N) is 1. The maximum absolute atomic E-state index is 10.0. The van der Waals surface area contributed by atoms with E-state index in [1.165, 1.54) is 11.8 Å². The topological polar surface area (TPSA) is 100.0 Å². The molecule has 0 bridgehead atoms. The highest BCUT2D eigenvalue weighted by Crippen LogP contribution is 2.33. The standard InChI is InChI=1S/C24H22N6O2S/c1-31-17-8-6-16(7-9-17)22-18(14-25)23(30-10-12-32-13-11-30)29-24(28-22)33-15-21-26-19-4-2-3-5-20(19)27-21/h2-9H,10-13,15H2,1H3,(H,26,27). The summed E-state index contributed by atoms with van der Waals surface area (Å²) in [7, 11) is 1.63. The van der Waals surface area contributed by atoms with E-state index in [2.05, 4.69) is 20.9 Å². The second kappa shape index (κ2) is 9.48. The molecule has 33 heavy (non-hydrogen) atoms. The smallest absolute Gasteiger partial charge is 0.190 e. The number of methoxy groups -OCH3 is 1. The summed E-state index contributed by atoms with van der Waals surface area (Å²) in [5.41, 5.74) is 3.86. The van der Waals surface area contributed by atoms with Gasteiger partial charge in [0, 0.05) is 18.7 Å². The molecule has 1 fully saturated rings. The van der Waals surface area contributed by atoms with E-state index in [0.717, 1.165) is 28.2 Å². The molecule has 0 amide bonds. The maximum Gasteiger partial charge on any atom is 0.190 e. The van der Waals surface area contributed by atoms with E-state index < -0.39 is 0 Å². The van der Waals surface area contributed by atoms with Gasteiger partial charge in [-0.25, -0.2) is 15.0 Å². The summed E-state index contributed by atoms with van der Waals surface area (Å²) in [6.07, 6.45) is 0. The highest BCUT2D eigenvalue weighted by molar-refractivity contribution is 7.98. The number of aromatic amines is 1. The molecule has 166 valence electrons. The number of para-hydroxylation sites is 2. The number of nitriles is 1. The van der Waals surface area contributed by atoms with Gasteiger partial charge in [-0.15, -0.1) is 0 Å². The number of ether oxygens (including phenoxy) is 2. The lowest BCUT2D eigenvalue weighted by Gasteiger charge is -2.29. The minimum Gasteiger partial charge on any atom is -0.497 e. The van der Waals surface area contributed by atoms with Crippen molar-refractivity contribution in [2.45, 2.75) is 10.9 Å². The molecule has 0 spiro atoms. The molecule has 8 nitrogen and oxygen atoms in total. The molecule has 0 saturated carbocycles. The van der Waals surface area contributed by atoms with E-state index in [9.17, 15) is 5.26 Å². The predicted octanol–water partition coefficient (Wildman–Crippen LogP) is 4.03. The van der Waals surface area contributed by atoms with Crippen LogP contribution in [0.2, 0.25) is 0 Å². The molecule has 5 rings (SSSR count). The minimum atomic E-state index is 0.468. The molecule has 1 N–H and O–H groups in total. The normalized spacial score (nSPS) is 13.8. The molecule has 2 aromatic heterocycles. The first-order valence-electron chi connectivity index (χ1n) is 10.6. The molecular formula is C24H22N6O2S. The number of hydrogen-bond donors (Lipinski definition) is 1. The second-order valence-electron chi connectivity index (χ2n) is 7.48. The number of anilines is 1. The molecule has 0 atom stereocenters. The first-order valence-corrected chi connectivity index (χ1v) is 11.6. The van der Waals surface area contributed by atoms with E-state index in [1.807, 2.05) is 48.5 Å². The summed E-state index contributed by atoms with van der Waals surface area (Å²) in [6, 6.07) is 17.9. The van der Waals surface area contributed by atoms with Gasteiger partial charge >= 0.3 is 0 Å². The van der Waals surface area contributed by atoms with Gasteiger partial charge in [-0.05, 0) is 36.4 Å². The van der Waals surface area contributed by atoms with E-state index in [1.54, 1.807) is 7.11 Å². The van der Waals surface area contributed by atoms with Crippen molar-refractivity contribution in [2.24, 2.45) is 0 Å². The number of hydrogen-bond acceptors (Lipinski definition) is 8. The summed E-state index contributed by atoms with van der Waals surface area (Å²) < 4.78 is 10.8. The van der Waals surface area contributed by atoms with Crippen LogP contribution in [0.15, 0.2) is 53.7 Å². The Kier molecular flexibility index (Phi) is 6.11. The van der Waals surface area contributed by atoms with Crippen LogP contribution < -0.4 is 9.64 Å². The van der Waals surface area contributed by atoms with Crippen LogP contribution in [0.3, 0.4) is 0 Å². The number of rotatable bonds is 6. The molecular weight excluding hydrogens is 436 g/mol. The number of fused-ring (bicyclic) bond motifs is 1. The summed E-state index contributed by atoms with van der Waals surface area (Å²) >= 11 is 1.49. The van der Waals surface area contributed by atoms with Crippen molar-refractivity contribution < 1.29 is 9.47 Å². The third kappa shape index (κ3) is 4.49. The molecule has 9 heteroatoms. The first-order chi connectivity index (χ1) is 16.2. The van der Waals surface area contributed by atoms with Gasteiger partial charge in [0.05, 0.1) is 42.8 Å². The van der Waals surface area contributed by atoms with E-state index in [4.69, 9.17) is 19.4 Å². The van der Waals surface area contributed by atoms with E-state index in [-0.39, 0.29) is 0 Å². The third-order valence-corrected chi connectivity index (χ3v) is 6.29. The average Bonchev–Trinajstić information content (AvgIpc) is 3.30. The van der Waals surface area contributed by atoms with Crippen LogP contribution in [-0.4, -0.2) is 53.3 Å². The number of imidazole rings is 1. The van der Waals surface area contributed by atoms with Crippen LogP contribution >= 0.6 is 11.8 Å². The maximum atomic E-state index is 10.0. The molecule has 4 aromatic rings. The molecule has 0 unspecified atom stereocenters. The molecule has 1 aliphatic heterocycles. The quantitative estimate of drug-likeness (QED) is 0.341. The van der Waals surface area contributed by atoms with Crippen molar-refractivity contribution in [3.8, 4) is 23.1 Å². The lowest BCUT2D eigenvalue weighted by atomic mass is 10.1. The van der Waals surface area contributed by atoms with Crippen molar-refractivity contribution in [3.63, 3.8) is 0 Å². The number of thioether (sulfide) groups is 1. The lowest BCUT2D eigenvalue weighted by molar-refractivity contribution is 0.122. The molecule has 0 radical (unpaired) electrons. The highest BCUT2D eigenvalue weighted by Gasteiger charge is 2.23. The highest BCUT2D eigenvalue weighted by atomic mass is 32.2. The fourth-order valence-corrected chi connectivity index (χ4v) is 4.47. The second-order valence-corrected chi connectivity index (χ2v) is 8.42. The Hall–Kier alpha value is -3.61. The fourth-order valence-electron chi connectivity index (χ4n) is 3.77. The monoisotopic (exact) mass is 458 g/mol. The summed E-state index contributed by atoms with van der Waals surface area (Å²) in [5, 5.41) is 10.6. The van der Waals surface area contributed by atoms with Crippen LogP contribution in [-0.2, 0) is 10.5 Å². The van der Waals surface area contributed by atoms with Crippen LogP contribution in [0.1, 0.15) is 11.4 Å². The number of aromatic nitrogens is 4. The minimum absolute atomic E-state index is 0.468. The number of benzene rings is 2. The summed E-state index contributed by atoms with van der Waals surface area (Å²) in [4.78, 5) is 19.7. The number of nitrogens with zero attached hydrogens (tertiary/aromatic N) is 5. The molecule has 0 aliphatic carbocycles. The fraction of sp³-hybridized carbons (Fsp3) is 0.250. The Balaban J connectivity index is 1.52. The van der Waals surface area contributed by atoms with Crippen molar-refractivity contribution in [3.05, 3.63) is 59.9 Å². The van der Waals surface area contributed by atoms with Gasteiger partial charge < -0.3 is 19.4 Å². The Morgan fingerprint density at radius 2 is 1.88 bits per heavy atom. The lowest BCUT2D eigenvalue weighted by Crippen LogP contribution is -2.37. The average molecular weight is 459 g/mol. The van der Waals surface area contributed by atoms with Gasteiger partial charge in [-0.1, -0.05) is 23.9 Å². The zero-order valence-electron chi connectivity index (χ0n) is 18.1. The Morgan fingerprint density at radius 3 is 2.61 bits per heavy atom. The zero-order chi connectivity index (χ0) is 22.6. The van der Waals surface area contributed by atoms with Gasteiger partial charge in [0.1, 0.15) is 23.2 Å². The van der Waals surface area contributed by atoms with Crippen LogP contribution in [0.5, 0.6) is 5.75 Å². The number of morpholine rings is 1. The van der Waals surface area contributed by atoms with Crippen LogP contribution in [0, 0.1) is 11.3 Å². The van der Waals surface area contributed by atoms with Crippen LogP contribution in [0.25, 0.3) is 22.3 Å². The third-order valence-electron chi connectivity index (χ3n) is 5.43. The van der Waals surface area contributed by atoms with Crippen molar-refractivity contribution in [1.82, 2.24) is 19.9 Å². The van der Waals surface area contributed by atoms with Crippen molar-refractivity contribution in [2.75, 3.05) is 38.3 Å². The SMILES string of the molecule is COc1ccc(-c2nc(SCc3nc4ccccc4[nH]3)nc(N3CCOCC3)c2C#N)cc1. The van der Waals surface area contributed by atoms with E-state index in [0.29, 0.717) is 54.3 Å². The number of H-pyrrole nitrogens is 1. The summed E-state index contributed by atoms with van der Waals surface area (Å²) in [6.45, 7) is 2.57. The largest absolute Gasteiger partial charge is 0.497 e. The predicted molar refractivity (Wildman–Crippen MR) is 127 cm³/mol. The van der Waals surface area contributed by atoms with Crippen molar-refractivity contribution >= 4 is 28.6 Å². The Morgan fingerprint density at radius 1 is 1.09 bits per heavy atom. The van der Waals surface area contributed by atoms with Gasteiger partial charge in [-0.3, -0.25) is 0 Å². The molecule has 2 aromatic carbocycles. The van der Waals surface area contributed by atoms with Crippen LogP contribution in [0.4, 0.5) is 5.82 Å². The molecule has 1 saturated heterocycles. The zero-order valence-corrected chi connectivity index (χ0v) is 18.9. The van der Waals surface area contributed by atoms with Gasteiger partial charge in [0.2, 0.25) is 0 Å². The van der Waals surface area contributed by atoms with Gasteiger partial charge in [-0.2, -0.15) is 5.26 Å². The Labute approximate surface area is 195 Å². The summed E-state index contributed by atoms with van der Waals surface area (Å²) in [5.74, 6) is 2.84. The van der Waals surface area contributed by atoms with Crippen molar-refractivity contribution in [1.29, 1.82) is 5.26 Å².